The second-order valence-electron chi connectivity index (χ2n) is 5.60. The monoisotopic (exact) mass is 405 g/mol. The predicted molar refractivity (Wildman–Crippen MR) is 87.9 cm³/mol. The summed E-state index contributed by atoms with van der Waals surface area (Å²) in [5.74, 6) is -3.99. The molecule has 0 saturated carbocycles. The first kappa shape index (κ1) is 21.1. The quantitative estimate of drug-likeness (QED) is 0.660. The molecule has 0 radical (unpaired) electrons. The lowest BCUT2D eigenvalue weighted by atomic mass is 10.1. The normalized spacial score (nSPS) is 11.1. The summed E-state index contributed by atoms with van der Waals surface area (Å²) >= 11 is 0. The summed E-state index contributed by atoms with van der Waals surface area (Å²) in [6.07, 6.45) is -4.84. The molecule has 0 unspecified atom stereocenters. The molecule has 0 spiro atoms. The van der Waals surface area contributed by atoms with Crippen LogP contribution in [0.15, 0.2) is 30.3 Å². The molecule has 0 aromatic heterocycles. The zero-order valence-electron chi connectivity index (χ0n) is 14.2. The number of anilines is 2. The van der Waals surface area contributed by atoms with Gasteiger partial charge in [0.1, 0.15) is 17.5 Å². The van der Waals surface area contributed by atoms with Gasteiger partial charge in [-0.3, -0.25) is 4.79 Å². The minimum Gasteiger partial charge on any atom is -0.334 e. The molecule has 3 N–H and O–H groups in total. The van der Waals surface area contributed by atoms with Gasteiger partial charge in [0, 0.05) is 19.5 Å². The van der Waals surface area contributed by atoms with Crippen LogP contribution in [0.5, 0.6) is 0 Å². The number of carbonyl (C=O) groups excluding carboxylic acids is 2. The fourth-order valence-corrected chi connectivity index (χ4v) is 2.24. The van der Waals surface area contributed by atoms with Crippen molar-refractivity contribution in [1.82, 2.24) is 5.32 Å². The summed E-state index contributed by atoms with van der Waals surface area (Å²) in [4.78, 5) is 22.8. The summed E-state index contributed by atoms with van der Waals surface area (Å²) in [5.41, 5.74) is -2.60. The molecule has 2 aromatic rings. The molecule has 0 fully saturated rings. The number of alkyl halides is 3. The van der Waals surface area contributed by atoms with Crippen molar-refractivity contribution in [2.75, 3.05) is 10.6 Å². The SMILES string of the molecule is CC(=O)Nc1cc(NC(=O)NCc2ccc(F)cc2C(F)(F)F)c(F)cc1F. The van der Waals surface area contributed by atoms with Crippen molar-refractivity contribution in [1.29, 1.82) is 0 Å². The number of halogens is 6. The van der Waals surface area contributed by atoms with E-state index in [-0.39, 0.29) is 6.07 Å². The molecular formula is C17H13F6N3O2. The Morgan fingerprint density at radius 1 is 0.929 bits per heavy atom. The second-order valence-corrected chi connectivity index (χ2v) is 5.60. The number of benzene rings is 2. The van der Waals surface area contributed by atoms with Crippen LogP contribution in [0.2, 0.25) is 0 Å². The van der Waals surface area contributed by atoms with Crippen LogP contribution in [0.3, 0.4) is 0 Å². The maximum atomic E-state index is 13.8. The van der Waals surface area contributed by atoms with Gasteiger partial charge in [-0.15, -0.1) is 0 Å². The average molecular weight is 405 g/mol. The van der Waals surface area contributed by atoms with E-state index in [0.29, 0.717) is 6.07 Å². The van der Waals surface area contributed by atoms with Crippen molar-refractivity contribution in [3.63, 3.8) is 0 Å². The molecule has 2 rings (SSSR count). The number of hydrogen-bond donors (Lipinski definition) is 3. The second kappa shape index (κ2) is 8.19. The van der Waals surface area contributed by atoms with Gasteiger partial charge in [-0.05, 0) is 23.8 Å². The van der Waals surface area contributed by atoms with Gasteiger partial charge in [0.15, 0.2) is 0 Å². The van der Waals surface area contributed by atoms with E-state index >= 15 is 0 Å². The smallest absolute Gasteiger partial charge is 0.334 e. The highest BCUT2D eigenvalue weighted by molar-refractivity contribution is 5.92. The maximum Gasteiger partial charge on any atom is 0.416 e. The Morgan fingerprint density at radius 2 is 1.54 bits per heavy atom. The Morgan fingerprint density at radius 3 is 2.11 bits per heavy atom. The largest absolute Gasteiger partial charge is 0.416 e. The zero-order chi connectivity index (χ0) is 21.1. The summed E-state index contributed by atoms with van der Waals surface area (Å²) in [6, 6.07) is 2.06. The Labute approximate surface area is 154 Å². The summed E-state index contributed by atoms with van der Waals surface area (Å²) in [5, 5.41) is 6.14. The lowest BCUT2D eigenvalue weighted by Crippen LogP contribution is -2.29. The van der Waals surface area contributed by atoms with Gasteiger partial charge < -0.3 is 16.0 Å². The van der Waals surface area contributed by atoms with Gasteiger partial charge in [-0.1, -0.05) is 6.07 Å². The van der Waals surface area contributed by atoms with E-state index in [2.05, 4.69) is 10.6 Å². The number of urea groups is 1. The van der Waals surface area contributed by atoms with Crippen molar-refractivity contribution in [3.8, 4) is 0 Å². The molecule has 3 amide bonds. The first-order chi connectivity index (χ1) is 13.0. The summed E-state index contributed by atoms with van der Waals surface area (Å²) in [7, 11) is 0. The molecule has 5 nitrogen and oxygen atoms in total. The molecule has 0 bridgehead atoms. The number of carbonyl (C=O) groups is 2. The molecule has 0 saturated heterocycles. The van der Waals surface area contributed by atoms with E-state index in [9.17, 15) is 35.9 Å². The highest BCUT2D eigenvalue weighted by Gasteiger charge is 2.33. The van der Waals surface area contributed by atoms with Crippen molar-refractivity contribution in [2.45, 2.75) is 19.6 Å². The lowest BCUT2D eigenvalue weighted by Gasteiger charge is -2.14. The maximum absolute atomic E-state index is 13.8. The van der Waals surface area contributed by atoms with Crippen LogP contribution in [0.4, 0.5) is 42.5 Å². The lowest BCUT2D eigenvalue weighted by molar-refractivity contribution is -0.138. The highest BCUT2D eigenvalue weighted by Crippen LogP contribution is 2.32. The first-order valence-electron chi connectivity index (χ1n) is 7.64. The minimum atomic E-state index is -4.84. The van der Waals surface area contributed by atoms with E-state index < -0.39 is 64.6 Å². The van der Waals surface area contributed by atoms with Crippen LogP contribution in [0.1, 0.15) is 18.1 Å². The molecule has 0 heterocycles. The third-order valence-corrected chi connectivity index (χ3v) is 3.43. The number of rotatable bonds is 4. The van der Waals surface area contributed by atoms with Gasteiger partial charge in [-0.2, -0.15) is 13.2 Å². The fraction of sp³-hybridized carbons (Fsp3) is 0.176. The van der Waals surface area contributed by atoms with E-state index in [1.807, 2.05) is 5.32 Å². The van der Waals surface area contributed by atoms with Gasteiger partial charge >= 0.3 is 12.2 Å². The van der Waals surface area contributed by atoms with Gasteiger partial charge in [0.05, 0.1) is 16.9 Å². The number of hydrogen-bond acceptors (Lipinski definition) is 2. The number of amides is 3. The standard InChI is InChI=1S/C17H13F6N3O2/c1-8(27)25-14-6-15(13(20)5-12(14)19)26-16(28)24-7-9-2-3-10(18)4-11(9)17(21,22)23/h2-6H,7H2,1H3,(H,25,27)(H2,24,26,28). The highest BCUT2D eigenvalue weighted by atomic mass is 19.4. The molecule has 28 heavy (non-hydrogen) atoms. The fourth-order valence-electron chi connectivity index (χ4n) is 2.24. The zero-order valence-corrected chi connectivity index (χ0v) is 14.2. The molecule has 150 valence electrons. The molecular weight excluding hydrogens is 392 g/mol. The van der Waals surface area contributed by atoms with Gasteiger partial charge in [-0.25, -0.2) is 18.0 Å². The molecule has 2 aromatic carbocycles. The molecule has 0 atom stereocenters. The van der Waals surface area contributed by atoms with Crippen molar-refractivity contribution < 1.29 is 35.9 Å². The van der Waals surface area contributed by atoms with Gasteiger partial charge in [0.2, 0.25) is 5.91 Å². The van der Waals surface area contributed by atoms with Crippen LogP contribution in [0, 0.1) is 17.5 Å². The molecule has 0 aliphatic heterocycles. The van der Waals surface area contributed by atoms with E-state index in [4.69, 9.17) is 0 Å². The Hall–Kier alpha value is -3.24. The topological polar surface area (TPSA) is 70.2 Å². The van der Waals surface area contributed by atoms with Crippen LogP contribution < -0.4 is 16.0 Å². The van der Waals surface area contributed by atoms with E-state index in [0.717, 1.165) is 25.1 Å². The third kappa shape index (κ3) is 5.38. The van der Waals surface area contributed by atoms with E-state index in [1.54, 1.807) is 0 Å². The van der Waals surface area contributed by atoms with Crippen LogP contribution >= 0.6 is 0 Å². The van der Waals surface area contributed by atoms with Crippen LogP contribution in [-0.4, -0.2) is 11.9 Å². The van der Waals surface area contributed by atoms with Crippen molar-refractivity contribution >= 4 is 23.3 Å². The predicted octanol–water partition coefficient (Wildman–Crippen LogP) is 4.40. The first-order valence-corrected chi connectivity index (χ1v) is 7.64. The van der Waals surface area contributed by atoms with Crippen molar-refractivity contribution in [2.24, 2.45) is 0 Å². The van der Waals surface area contributed by atoms with Crippen molar-refractivity contribution in [3.05, 3.63) is 58.9 Å². The average Bonchev–Trinajstić information content (AvgIpc) is 2.56. The van der Waals surface area contributed by atoms with Crippen LogP contribution in [-0.2, 0) is 17.5 Å². The summed E-state index contributed by atoms with van der Waals surface area (Å²) in [6.45, 7) is 0.450. The Bertz CT molecular complexity index is 914. The summed E-state index contributed by atoms with van der Waals surface area (Å²) < 4.78 is 79.2. The third-order valence-electron chi connectivity index (χ3n) is 3.43. The molecule has 0 aliphatic carbocycles. The Kier molecular flexibility index (Phi) is 6.16. The Balaban J connectivity index is 2.13. The number of nitrogens with one attached hydrogen (secondary N) is 3. The van der Waals surface area contributed by atoms with Gasteiger partial charge in [0.25, 0.3) is 0 Å². The van der Waals surface area contributed by atoms with Crippen LogP contribution in [0.25, 0.3) is 0 Å². The molecule has 0 aliphatic rings. The van der Waals surface area contributed by atoms with E-state index in [1.165, 1.54) is 0 Å². The minimum absolute atomic E-state index is 0.286. The molecule has 11 heteroatoms.